The average molecular weight is 202 g/mol. The molecule has 0 atom stereocenters. The van der Waals surface area contributed by atoms with Gasteiger partial charge in [0.15, 0.2) is 0 Å². The quantitative estimate of drug-likeness (QED) is 0.717. The van der Waals surface area contributed by atoms with Gasteiger partial charge in [-0.3, -0.25) is 0 Å². The molecule has 0 N–H and O–H groups in total. The van der Waals surface area contributed by atoms with Crippen LogP contribution in [0.5, 0.6) is 11.5 Å². The maximum absolute atomic E-state index is 12.6. The van der Waals surface area contributed by atoms with E-state index in [0.29, 0.717) is 5.75 Å². The van der Waals surface area contributed by atoms with Crippen molar-refractivity contribution in [2.45, 2.75) is 6.92 Å². The van der Waals surface area contributed by atoms with Gasteiger partial charge in [0, 0.05) is 0 Å². The predicted octanol–water partition coefficient (Wildman–Crippen LogP) is 3.93. The third-order valence-corrected chi connectivity index (χ3v) is 2.07. The first kappa shape index (κ1) is 9.71. The van der Waals surface area contributed by atoms with Crippen molar-refractivity contribution in [3.63, 3.8) is 0 Å². The predicted molar refractivity (Wildman–Crippen MR) is 57.7 cm³/mol. The summed E-state index contributed by atoms with van der Waals surface area (Å²) in [4.78, 5) is 0. The van der Waals surface area contributed by atoms with Crippen LogP contribution >= 0.6 is 0 Å². The molecule has 2 aromatic carbocycles. The fourth-order valence-corrected chi connectivity index (χ4v) is 1.25. The zero-order chi connectivity index (χ0) is 10.7. The standard InChI is InChI=1S/C13H11FO/c1-10-2-6-12(7-3-10)15-13-8-4-11(14)5-9-13/h2-9H,1H3. The van der Waals surface area contributed by atoms with E-state index in [-0.39, 0.29) is 5.82 Å². The van der Waals surface area contributed by atoms with Crippen molar-refractivity contribution in [2.24, 2.45) is 0 Å². The van der Waals surface area contributed by atoms with Gasteiger partial charge < -0.3 is 4.74 Å². The monoisotopic (exact) mass is 202 g/mol. The largest absolute Gasteiger partial charge is 0.457 e. The van der Waals surface area contributed by atoms with Crippen LogP contribution in [-0.4, -0.2) is 0 Å². The highest BCUT2D eigenvalue weighted by Crippen LogP contribution is 2.21. The first-order valence-electron chi connectivity index (χ1n) is 4.74. The Labute approximate surface area is 88.1 Å². The molecule has 76 valence electrons. The minimum absolute atomic E-state index is 0.258. The van der Waals surface area contributed by atoms with Crippen molar-refractivity contribution in [3.8, 4) is 11.5 Å². The molecule has 0 aliphatic rings. The van der Waals surface area contributed by atoms with Crippen LogP contribution in [0.25, 0.3) is 0 Å². The van der Waals surface area contributed by atoms with Crippen molar-refractivity contribution in [2.75, 3.05) is 0 Å². The van der Waals surface area contributed by atoms with Gasteiger partial charge in [-0.05, 0) is 43.3 Å². The molecule has 2 rings (SSSR count). The molecule has 0 aliphatic carbocycles. The summed E-state index contributed by atoms with van der Waals surface area (Å²) in [6.45, 7) is 2.02. The van der Waals surface area contributed by atoms with Gasteiger partial charge in [-0.2, -0.15) is 0 Å². The number of ether oxygens (including phenoxy) is 1. The second kappa shape index (κ2) is 4.13. The lowest BCUT2D eigenvalue weighted by Crippen LogP contribution is -1.84. The Balaban J connectivity index is 2.15. The summed E-state index contributed by atoms with van der Waals surface area (Å²) in [5.41, 5.74) is 1.18. The normalized spacial score (nSPS) is 10.0. The van der Waals surface area contributed by atoms with Crippen molar-refractivity contribution in [3.05, 3.63) is 59.9 Å². The second-order valence-corrected chi connectivity index (χ2v) is 3.37. The zero-order valence-electron chi connectivity index (χ0n) is 8.41. The van der Waals surface area contributed by atoms with Crippen molar-refractivity contribution in [1.82, 2.24) is 0 Å². The SMILES string of the molecule is Cc1ccc(Oc2ccc(F)cc2)cc1. The van der Waals surface area contributed by atoms with Gasteiger partial charge in [0.25, 0.3) is 0 Å². The Kier molecular flexibility index (Phi) is 2.68. The molecule has 0 saturated heterocycles. The van der Waals surface area contributed by atoms with Crippen molar-refractivity contribution < 1.29 is 9.13 Å². The Hall–Kier alpha value is -1.83. The first-order valence-corrected chi connectivity index (χ1v) is 4.74. The van der Waals surface area contributed by atoms with Gasteiger partial charge in [-0.1, -0.05) is 17.7 Å². The Morgan fingerprint density at radius 3 is 1.80 bits per heavy atom. The van der Waals surface area contributed by atoms with E-state index in [1.165, 1.54) is 17.7 Å². The zero-order valence-corrected chi connectivity index (χ0v) is 8.41. The van der Waals surface area contributed by atoms with Crippen LogP contribution in [0.15, 0.2) is 48.5 Å². The lowest BCUT2D eigenvalue weighted by Gasteiger charge is -2.05. The minimum atomic E-state index is -0.258. The summed E-state index contributed by atoms with van der Waals surface area (Å²) in [6, 6.07) is 13.7. The molecule has 0 radical (unpaired) electrons. The van der Waals surface area contributed by atoms with E-state index in [1.807, 2.05) is 31.2 Å². The van der Waals surface area contributed by atoms with Crippen LogP contribution in [0.2, 0.25) is 0 Å². The highest BCUT2D eigenvalue weighted by atomic mass is 19.1. The third-order valence-electron chi connectivity index (χ3n) is 2.07. The van der Waals surface area contributed by atoms with Crippen LogP contribution in [0.3, 0.4) is 0 Å². The molecule has 2 aromatic rings. The molecular formula is C13H11FO. The Morgan fingerprint density at radius 1 is 0.800 bits per heavy atom. The maximum Gasteiger partial charge on any atom is 0.127 e. The molecule has 0 fully saturated rings. The number of aryl methyl sites for hydroxylation is 1. The van der Waals surface area contributed by atoms with Crippen molar-refractivity contribution >= 4 is 0 Å². The summed E-state index contributed by atoms with van der Waals surface area (Å²) in [5, 5.41) is 0. The number of hydrogen-bond acceptors (Lipinski definition) is 1. The van der Waals surface area contributed by atoms with Crippen LogP contribution in [0, 0.1) is 12.7 Å². The molecule has 0 unspecified atom stereocenters. The second-order valence-electron chi connectivity index (χ2n) is 3.37. The van der Waals surface area contributed by atoms with Gasteiger partial charge in [-0.25, -0.2) is 4.39 Å². The van der Waals surface area contributed by atoms with Crippen LogP contribution < -0.4 is 4.74 Å². The lowest BCUT2D eigenvalue weighted by molar-refractivity contribution is 0.480. The van der Waals surface area contributed by atoms with E-state index in [9.17, 15) is 4.39 Å². The van der Waals surface area contributed by atoms with Gasteiger partial charge >= 0.3 is 0 Å². The molecule has 2 heteroatoms. The Bertz CT molecular complexity index is 388. The molecule has 1 nitrogen and oxygen atoms in total. The smallest absolute Gasteiger partial charge is 0.127 e. The number of hydrogen-bond donors (Lipinski definition) is 0. The molecule has 0 amide bonds. The van der Waals surface area contributed by atoms with Gasteiger partial charge in [0.1, 0.15) is 17.3 Å². The average Bonchev–Trinajstić information content (AvgIpc) is 2.25. The minimum Gasteiger partial charge on any atom is -0.457 e. The molecule has 0 aromatic heterocycles. The van der Waals surface area contributed by atoms with Crippen LogP contribution in [0.1, 0.15) is 5.56 Å². The third kappa shape index (κ3) is 2.56. The molecule has 0 heterocycles. The van der Waals surface area contributed by atoms with E-state index in [2.05, 4.69) is 0 Å². The van der Waals surface area contributed by atoms with Gasteiger partial charge in [0.2, 0.25) is 0 Å². The Morgan fingerprint density at radius 2 is 1.27 bits per heavy atom. The van der Waals surface area contributed by atoms with Gasteiger partial charge in [0.05, 0.1) is 0 Å². The number of rotatable bonds is 2. The van der Waals surface area contributed by atoms with E-state index < -0.39 is 0 Å². The molecule has 0 bridgehead atoms. The summed E-state index contributed by atoms with van der Waals surface area (Å²) in [5.74, 6) is 1.14. The summed E-state index contributed by atoms with van der Waals surface area (Å²) in [6.07, 6.45) is 0. The molecule has 15 heavy (non-hydrogen) atoms. The molecular weight excluding hydrogens is 191 g/mol. The van der Waals surface area contributed by atoms with Crippen LogP contribution in [-0.2, 0) is 0 Å². The maximum atomic E-state index is 12.6. The highest BCUT2D eigenvalue weighted by molar-refractivity contribution is 5.32. The van der Waals surface area contributed by atoms with Crippen molar-refractivity contribution in [1.29, 1.82) is 0 Å². The lowest BCUT2D eigenvalue weighted by atomic mass is 10.2. The summed E-state index contributed by atoms with van der Waals surface area (Å²) >= 11 is 0. The summed E-state index contributed by atoms with van der Waals surface area (Å²) < 4.78 is 18.1. The topological polar surface area (TPSA) is 9.23 Å². The number of halogens is 1. The van der Waals surface area contributed by atoms with E-state index in [0.717, 1.165) is 5.75 Å². The number of benzene rings is 2. The highest BCUT2D eigenvalue weighted by Gasteiger charge is 1.96. The molecule has 0 aliphatic heterocycles. The van der Waals surface area contributed by atoms with E-state index >= 15 is 0 Å². The fourth-order valence-electron chi connectivity index (χ4n) is 1.25. The first-order chi connectivity index (χ1) is 7.24. The van der Waals surface area contributed by atoms with Gasteiger partial charge in [-0.15, -0.1) is 0 Å². The molecule has 0 spiro atoms. The fraction of sp³-hybridized carbons (Fsp3) is 0.0769. The van der Waals surface area contributed by atoms with E-state index in [1.54, 1.807) is 12.1 Å². The summed E-state index contributed by atoms with van der Waals surface area (Å²) in [7, 11) is 0. The van der Waals surface area contributed by atoms with E-state index in [4.69, 9.17) is 4.74 Å². The van der Waals surface area contributed by atoms with Crippen LogP contribution in [0.4, 0.5) is 4.39 Å². The molecule has 0 saturated carbocycles.